The smallest absolute Gasteiger partial charge is 0.328 e. The number of rotatable bonds is 3. The van der Waals surface area contributed by atoms with Crippen LogP contribution < -0.4 is 4.74 Å². The fourth-order valence-corrected chi connectivity index (χ4v) is 4.52. The van der Waals surface area contributed by atoms with Crippen LogP contribution in [-0.2, 0) is 23.3 Å². The molecule has 0 bridgehead atoms. The molecule has 1 atom stereocenters. The maximum Gasteiger partial charge on any atom is 0.328 e. The predicted molar refractivity (Wildman–Crippen MR) is 105 cm³/mol. The lowest BCUT2D eigenvalue weighted by Crippen LogP contribution is -2.48. The first-order valence-corrected chi connectivity index (χ1v) is 9.40. The highest BCUT2D eigenvalue weighted by atomic mass is 16.5. The lowest BCUT2D eigenvalue weighted by Gasteiger charge is -2.36. The first-order valence-electron chi connectivity index (χ1n) is 9.40. The molecule has 1 fully saturated rings. The molecule has 2 aromatic carbocycles. The Morgan fingerprint density at radius 3 is 2.61 bits per heavy atom. The number of benzene rings is 2. The van der Waals surface area contributed by atoms with Crippen LogP contribution in [0.15, 0.2) is 48.5 Å². The summed E-state index contributed by atoms with van der Waals surface area (Å²) in [6, 6.07) is 15.3. The van der Waals surface area contributed by atoms with Gasteiger partial charge in [-0.1, -0.05) is 30.3 Å². The zero-order valence-corrected chi connectivity index (χ0v) is 15.9. The number of hydrogen-bond acceptors (Lipinski definition) is 3. The summed E-state index contributed by atoms with van der Waals surface area (Å²) in [6.07, 6.45) is 0.740. The zero-order valence-electron chi connectivity index (χ0n) is 15.9. The highest BCUT2D eigenvalue weighted by molar-refractivity contribution is 6.08. The average molecular weight is 375 g/mol. The van der Waals surface area contributed by atoms with Crippen LogP contribution in [0.2, 0.25) is 0 Å². The molecule has 0 spiro atoms. The molecule has 6 nitrogen and oxygen atoms in total. The van der Waals surface area contributed by atoms with Crippen molar-refractivity contribution in [2.24, 2.45) is 0 Å². The fraction of sp³-hybridized carbons (Fsp3) is 0.273. The maximum atomic E-state index is 13.5. The number of aromatic amines is 1. The quantitative estimate of drug-likeness (QED) is 0.714. The number of carbonyl (C=O) groups is 2. The van der Waals surface area contributed by atoms with Crippen molar-refractivity contribution in [1.29, 1.82) is 0 Å². The molecule has 1 aromatic heterocycles. The standard InChI is InChI=1S/C22H21N3O3/c1-22-19-17(16-5-3-4-6-18(16)23-19)11-12-25(22)21(27)24(20(22)26)13-14-7-9-15(28-2)10-8-14/h3-10,23H,11-13H2,1-2H3/t22-/m0/s1. The van der Waals surface area contributed by atoms with Crippen molar-refractivity contribution in [3.63, 3.8) is 0 Å². The number of aromatic nitrogens is 1. The van der Waals surface area contributed by atoms with E-state index in [0.717, 1.165) is 39.9 Å². The Kier molecular flexibility index (Phi) is 3.53. The van der Waals surface area contributed by atoms with Crippen molar-refractivity contribution < 1.29 is 14.3 Å². The normalized spacial score (nSPS) is 21.2. The van der Waals surface area contributed by atoms with E-state index in [0.29, 0.717) is 6.54 Å². The maximum absolute atomic E-state index is 13.5. The number of fused-ring (bicyclic) bond motifs is 5. The number of carbonyl (C=O) groups excluding carboxylic acids is 2. The van der Waals surface area contributed by atoms with Gasteiger partial charge in [0.2, 0.25) is 0 Å². The summed E-state index contributed by atoms with van der Waals surface area (Å²) in [5, 5.41) is 1.13. The van der Waals surface area contributed by atoms with E-state index in [1.54, 1.807) is 12.0 Å². The monoisotopic (exact) mass is 375 g/mol. The average Bonchev–Trinajstić information content (AvgIpc) is 3.19. The summed E-state index contributed by atoms with van der Waals surface area (Å²) in [5.41, 5.74) is 2.89. The van der Waals surface area contributed by atoms with Gasteiger partial charge in [-0.3, -0.25) is 9.69 Å². The highest BCUT2D eigenvalue weighted by Gasteiger charge is 2.58. The van der Waals surface area contributed by atoms with Crippen LogP contribution in [0, 0.1) is 0 Å². The highest BCUT2D eigenvalue weighted by Crippen LogP contribution is 2.44. The van der Waals surface area contributed by atoms with Crippen molar-refractivity contribution in [3.05, 3.63) is 65.4 Å². The number of H-pyrrole nitrogens is 1. The third kappa shape index (κ3) is 2.14. The molecule has 5 rings (SSSR count). The molecule has 3 amide bonds. The molecule has 6 heteroatoms. The molecule has 0 aliphatic carbocycles. The summed E-state index contributed by atoms with van der Waals surface area (Å²) in [4.78, 5) is 33.0. The van der Waals surface area contributed by atoms with Gasteiger partial charge in [0.15, 0.2) is 5.54 Å². The third-order valence-corrected chi connectivity index (χ3v) is 6.05. The Bertz CT molecular complexity index is 1100. The van der Waals surface area contributed by atoms with E-state index in [2.05, 4.69) is 11.1 Å². The number of hydrogen-bond donors (Lipinski definition) is 1. The number of nitrogens with one attached hydrogen (secondary N) is 1. The van der Waals surface area contributed by atoms with Crippen LogP contribution in [0.25, 0.3) is 10.9 Å². The second kappa shape index (κ2) is 5.86. The topological polar surface area (TPSA) is 65.6 Å². The van der Waals surface area contributed by atoms with Crippen LogP contribution in [0.4, 0.5) is 4.79 Å². The summed E-state index contributed by atoms with van der Waals surface area (Å²) in [6.45, 7) is 2.65. The first kappa shape index (κ1) is 16.9. The number of urea groups is 1. The minimum Gasteiger partial charge on any atom is -0.497 e. The lowest BCUT2D eigenvalue weighted by atomic mass is 9.87. The summed E-state index contributed by atoms with van der Waals surface area (Å²) in [7, 11) is 1.61. The van der Waals surface area contributed by atoms with Gasteiger partial charge in [0.05, 0.1) is 19.3 Å². The molecule has 0 radical (unpaired) electrons. The van der Waals surface area contributed by atoms with Crippen molar-refractivity contribution >= 4 is 22.8 Å². The largest absolute Gasteiger partial charge is 0.497 e. The Balaban J connectivity index is 1.54. The molecule has 1 saturated heterocycles. The first-order chi connectivity index (χ1) is 13.5. The van der Waals surface area contributed by atoms with Gasteiger partial charge in [0.1, 0.15) is 5.75 Å². The van der Waals surface area contributed by atoms with Crippen LogP contribution in [0.3, 0.4) is 0 Å². The van der Waals surface area contributed by atoms with E-state index in [4.69, 9.17) is 4.74 Å². The molecule has 2 aliphatic heterocycles. The van der Waals surface area contributed by atoms with Gasteiger partial charge in [-0.15, -0.1) is 0 Å². The second-order valence-electron chi connectivity index (χ2n) is 7.52. The molecule has 1 N–H and O–H groups in total. The minimum atomic E-state index is -0.990. The summed E-state index contributed by atoms with van der Waals surface area (Å²) in [5.74, 6) is 0.566. The van der Waals surface area contributed by atoms with Crippen LogP contribution in [0.1, 0.15) is 23.7 Å². The van der Waals surface area contributed by atoms with Crippen molar-refractivity contribution in [2.45, 2.75) is 25.4 Å². The third-order valence-electron chi connectivity index (χ3n) is 6.05. The van der Waals surface area contributed by atoms with Crippen LogP contribution in [-0.4, -0.2) is 40.4 Å². The Morgan fingerprint density at radius 1 is 1.11 bits per heavy atom. The van der Waals surface area contributed by atoms with E-state index < -0.39 is 5.54 Å². The van der Waals surface area contributed by atoms with E-state index in [1.165, 1.54) is 4.90 Å². The molecule has 3 aromatic rings. The zero-order chi connectivity index (χ0) is 19.5. The Hall–Kier alpha value is -3.28. The van der Waals surface area contributed by atoms with Crippen LogP contribution in [0.5, 0.6) is 5.75 Å². The number of ether oxygens (including phenoxy) is 1. The Labute approximate surface area is 162 Å². The van der Waals surface area contributed by atoms with Gasteiger partial charge >= 0.3 is 6.03 Å². The number of nitrogens with zero attached hydrogens (tertiary/aromatic N) is 2. The number of amides is 3. The van der Waals surface area contributed by atoms with E-state index in [-0.39, 0.29) is 18.5 Å². The molecule has 3 heterocycles. The molecular formula is C22H21N3O3. The molecule has 142 valence electrons. The van der Waals surface area contributed by atoms with Gasteiger partial charge in [-0.25, -0.2) is 4.79 Å². The van der Waals surface area contributed by atoms with Crippen molar-refractivity contribution in [3.8, 4) is 5.75 Å². The van der Waals surface area contributed by atoms with Gasteiger partial charge in [-0.2, -0.15) is 0 Å². The van der Waals surface area contributed by atoms with Gasteiger partial charge < -0.3 is 14.6 Å². The lowest BCUT2D eigenvalue weighted by molar-refractivity contribution is -0.133. The van der Waals surface area contributed by atoms with Crippen molar-refractivity contribution in [1.82, 2.24) is 14.8 Å². The van der Waals surface area contributed by atoms with E-state index in [9.17, 15) is 9.59 Å². The van der Waals surface area contributed by atoms with Gasteiger partial charge in [-0.05, 0) is 42.7 Å². The summed E-state index contributed by atoms with van der Waals surface area (Å²) >= 11 is 0. The minimum absolute atomic E-state index is 0.180. The van der Waals surface area contributed by atoms with Gasteiger partial charge in [0, 0.05) is 17.4 Å². The van der Waals surface area contributed by atoms with E-state index in [1.807, 2.05) is 49.4 Å². The van der Waals surface area contributed by atoms with Crippen LogP contribution >= 0.6 is 0 Å². The predicted octanol–water partition coefficient (Wildman–Crippen LogP) is 3.41. The second-order valence-corrected chi connectivity index (χ2v) is 7.52. The molecular weight excluding hydrogens is 354 g/mol. The van der Waals surface area contributed by atoms with Gasteiger partial charge in [0.25, 0.3) is 5.91 Å². The number of methoxy groups -OCH3 is 1. The summed E-state index contributed by atoms with van der Waals surface area (Å²) < 4.78 is 5.18. The van der Waals surface area contributed by atoms with Crippen molar-refractivity contribution in [2.75, 3.05) is 13.7 Å². The molecule has 0 saturated carbocycles. The number of para-hydroxylation sites is 1. The SMILES string of the molecule is COc1ccc(CN2C(=O)N3CCc4c([nH]c5ccccc45)[C@@]3(C)C2=O)cc1. The fourth-order valence-electron chi connectivity index (χ4n) is 4.52. The molecule has 0 unspecified atom stereocenters. The molecule has 2 aliphatic rings. The Morgan fingerprint density at radius 2 is 1.86 bits per heavy atom. The molecule has 28 heavy (non-hydrogen) atoms. The van der Waals surface area contributed by atoms with E-state index >= 15 is 0 Å². The number of imide groups is 1.